The van der Waals surface area contributed by atoms with Gasteiger partial charge in [-0.2, -0.15) is 0 Å². The maximum Gasteiger partial charge on any atom is 0.161 e. The molecule has 1 N–H and O–H groups in total. The zero-order valence-corrected chi connectivity index (χ0v) is 11.7. The Morgan fingerprint density at radius 3 is 2.61 bits per heavy atom. The molecular weight excluding hydrogens is 230 g/mol. The van der Waals surface area contributed by atoms with Gasteiger partial charge in [0.2, 0.25) is 0 Å². The van der Waals surface area contributed by atoms with Crippen LogP contribution in [0.25, 0.3) is 0 Å². The predicted octanol–water partition coefficient (Wildman–Crippen LogP) is 2.22. The molecule has 18 heavy (non-hydrogen) atoms. The second-order valence-electron chi connectivity index (χ2n) is 4.23. The molecule has 1 unspecified atom stereocenters. The van der Waals surface area contributed by atoms with Crippen LogP contribution >= 0.6 is 0 Å². The molecule has 0 fully saturated rings. The van der Waals surface area contributed by atoms with Gasteiger partial charge in [0.1, 0.15) is 0 Å². The molecule has 4 heteroatoms. The van der Waals surface area contributed by atoms with Crippen LogP contribution < -0.4 is 14.8 Å². The SMILES string of the molecule is CNCc1ccc(OC(C)CCOC)c(OC)c1. The maximum atomic E-state index is 5.85. The van der Waals surface area contributed by atoms with Gasteiger partial charge in [-0.3, -0.25) is 0 Å². The fourth-order valence-electron chi connectivity index (χ4n) is 1.68. The van der Waals surface area contributed by atoms with Gasteiger partial charge in [-0.1, -0.05) is 6.07 Å². The molecule has 0 radical (unpaired) electrons. The van der Waals surface area contributed by atoms with E-state index in [9.17, 15) is 0 Å². The molecule has 0 heterocycles. The van der Waals surface area contributed by atoms with Gasteiger partial charge >= 0.3 is 0 Å². The van der Waals surface area contributed by atoms with Crippen molar-refractivity contribution >= 4 is 0 Å². The highest BCUT2D eigenvalue weighted by atomic mass is 16.5. The van der Waals surface area contributed by atoms with E-state index in [2.05, 4.69) is 5.32 Å². The van der Waals surface area contributed by atoms with E-state index in [0.717, 1.165) is 24.5 Å². The van der Waals surface area contributed by atoms with Crippen LogP contribution in [-0.2, 0) is 11.3 Å². The lowest BCUT2D eigenvalue weighted by Crippen LogP contribution is -2.15. The Hall–Kier alpha value is -1.26. The van der Waals surface area contributed by atoms with E-state index in [4.69, 9.17) is 14.2 Å². The molecule has 0 aliphatic carbocycles. The topological polar surface area (TPSA) is 39.7 Å². The molecule has 1 aromatic rings. The van der Waals surface area contributed by atoms with Crippen LogP contribution in [0.15, 0.2) is 18.2 Å². The van der Waals surface area contributed by atoms with Crippen molar-refractivity contribution in [2.45, 2.75) is 26.0 Å². The molecule has 1 atom stereocenters. The van der Waals surface area contributed by atoms with E-state index >= 15 is 0 Å². The highest BCUT2D eigenvalue weighted by Gasteiger charge is 2.09. The Bertz CT molecular complexity index is 355. The lowest BCUT2D eigenvalue weighted by molar-refractivity contribution is 0.132. The van der Waals surface area contributed by atoms with Gasteiger partial charge in [0, 0.05) is 26.7 Å². The first kappa shape index (κ1) is 14.8. The first-order chi connectivity index (χ1) is 8.71. The van der Waals surface area contributed by atoms with Gasteiger partial charge in [0.05, 0.1) is 13.2 Å². The number of methoxy groups -OCH3 is 2. The third-order valence-corrected chi connectivity index (χ3v) is 2.67. The first-order valence-electron chi connectivity index (χ1n) is 6.18. The molecule has 0 aromatic heterocycles. The summed E-state index contributed by atoms with van der Waals surface area (Å²) in [5, 5.41) is 3.11. The summed E-state index contributed by atoms with van der Waals surface area (Å²) in [6.07, 6.45) is 0.965. The summed E-state index contributed by atoms with van der Waals surface area (Å²) in [6.45, 7) is 3.54. The van der Waals surface area contributed by atoms with E-state index in [0.29, 0.717) is 6.61 Å². The Kier molecular flexibility index (Phi) is 6.54. The Balaban J connectivity index is 2.69. The largest absolute Gasteiger partial charge is 0.493 e. The van der Waals surface area contributed by atoms with Crippen LogP contribution in [0.5, 0.6) is 11.5 Å². The minimum Gasteiger partial charge on any atom is -0.493 e. The number of hydrogen-bond donors (Lipinski definition) is 1. The summed E-state index contributed by atoms with van der Waals surface area (Å²) in [6, 6.07) is 5.99. The minimum absolute atomic E-state index is 0.106. The molecule has 102 valence electrons. The van der Waals surface area contributed by atoms with E-state index in [1.54, 1.807) is 14.2 Å². The Morgan fingerprint density at radius 2 is 2.00 bits per heavy atom. The standard InChI is InChI=1S/C14H23NO3/c1-11(7-8-16-3)18-13-6-5-12(10-15-2)9-14(13)17-4/h5-6,9,11,15H,7-8,10H2,1-4H3. The van der Waals surface area contributed by atoms with Crippen molar-refractivity contribution in [2.24, 2.45) is 0 Å². The fraction of sp³-hybridized carbons (Fsp3) is 0.571. The summed E-state index contributed by atoms with van der Waals surface area (Å²) in [5.41, 5.74) is 1.17. The summed E-state index contributed by atoms with van der Waals surface area (Å²) in [4.78, 5) is 0. The third kappa shape index (κ3) is 4.55. The van der Waals surface area contributed by atoms with Gasteiger partial charge in [0.25, 0.3) is 0 Å². The molecule has 0 bridgehead atoms. The maximum absolute atomic E-state index is 5.85. The molecule has 0 saturated heterocycles. The van der Waals surface area contributed by atoms with Crippen LogP contribution in [-0.4, -0.2) is 34.0 Å². The summed E-state index contributed by atoms with van der Waals surface area (Å²) in [7, 11) is 5.27. The van der Waals surface area contributed by atoms with Crippen molar-refractivity contribution in [3.63, 3.8) is 0 Å². The fourth-order valence-corrected chi connectivity index (χ4v) is 1.68. The first-order valence-corrected chi connectivity index (χ1v) is 6.18. The normalized spacial score (nSPS) is 12.2. The lowest BCUT2D eigenvalue weighted by atomic mass is 10.2. The summed E-state index contributed by atoms with van der Waals surface area (Å²) >= 11 is 0. The molecule has 1 rings (SSSR count). The van der Waals surface area contributed by atoms with Crippen LogP contribution in [0.4, 0.5) is 0 Å². The van der Waals surface area contributed by atoms with E-state index in [1.807, 2.05) is 32.2 Å². The van der Waals surface area contributed by atoms with E-state index < -0.39 is 0 Å². The quantitative estimate of drug-likeness (QED) is 0.771. The van der Waals surface area contributed by atoms with Crippen molar-refractivity contribution in [3.05, 3.63) is 23.8 Å². The summed E-state index contributed by atoms with van der Waals surface area (Å²) in [5.74, 6) is 1.55. The smallest absolute Gasteiger partial charge is 0.161 e. The number of benzene rings is 1. The molecule has 0 aliphatic heterocycles. The molecule has 0 spiro atoms. The van der Waals surface area contributed by atoms with Gasteiger partial charge in [-0.05, 0) is 31.7 Å². The van der Waals surface area contributed by atoms with Crippen LogP contribution in [0.2, 0.25) is 0 Å². The number of hydrogen-bond acceptors (Lipinski definition) is 4. The summed E-state index contributed by atoms with van der Waals surface area (Å²) < 4.78 is 16.2. The molecule has 0 aliphatic rings. The molecule has 4 nitrogen and oxygen atoms in total. The van der Waals surface area contributed by atoms with Crippen molar-refractivity contribution < 1.29 is 14.2 Å². The zero-order valence-electron chi connectivity index (χ0n) is 11.7. The molecule has 0 saturated carbocycles. The lowest BCUT2D eigenvalue weighted by Gasteiger charge is -2.17. The highest BCUT2D eigenvalue weighted by Crippen LogP contribution is 2.29. The van der Waals surface area contributed by atoms with Gasteiger partial charge in [0.15, 0.2) is 11.5 Å². The number of rotatable bonds is 8. The third-order valence-electron chi connectivity index (χ3n) is 2.67. The molecule has 0 amide bonds. The zero-order chi connectivity index (χ0) is 13.4. The van der Waals surface area contributed by atoms with E-state index in [1.165, 1.54) is 5.56 Å². The van der Waals surface area contributed by atoms with Crippen LogP contribution in [0.3, 0.4) is 0 Å². The molecular formula is C14H23NO3. The second kappa shape index (κ2) is 7.95. The van der Waals surface area contributed by atoms with Gasteiger partial charge in [-0.15, -0.1) is 0 Å². The number of nitrogens with one attached hydrogen (secondary N) is 1. The van der Waals surface area contributed by atoms with Crippen molar-refractivity contribution in [1.29, 1.82) is 0 Å². The average Bonchev–Trinajstić information content (AvgIpc) is 2.38. The van der Waals surface area contributed by atoms with Crippen molar-refractivity contribution in [1.82, 2.24) is 5.32 Å². The predicted molar refractivity (Wildman–Crippen MR) is 72.3 cm³/mol. The molecule has 1 aromatic carbocycles. The van der Waals surface area contributed by atoms with Crippen molar-refractivity contribution in [3.8, 4) is 11.5 Å². The van der Waals surface area contributed by atoms with Crippen molar-refractivity contribution in [2.75, 3.05) is 27.9 Å². The van der Waals surface area contributed by atoms with E-state index in [-0.39, 0.29) is 6.10 Å². The monoisotopic (exact) mass is 253 g/mol. The Morgan fingerprint density at radius 1 is 1.22 bits per heavy atom. The van der Waals surface area contributed by atoms with Crippen LogP contribution in [0.1, 0.15) is 18.9 Å². The van der Waals surface area contributed by atoms with Gasteiger partial charge < -0.3 is 19.5 Å². The van der Waals surface area contributed by atoms with Crippen LogP contribution in [0, 0.1) is 0 Å². The van der Waals surface area contributed by atoms with Gasteiger partial charge in [-0.25, -0.2) is 0 Å². The minimum atomic E-state index is 0.106. The average molecular weight is 253 g/mol. The Labute approximate surface area is 109 Å². The number of ether oxygens (including phenoxy) is 3. The second-order valence-corrected chi connectivity index (χ2v) is 4.23. The highest BCUT2D eigenvalue weighted by molar-refractivity contribution is 5.43.